The number of hydrogen-bond donors (Lipinski definition) is 1. The van der Waals surface area contributed by atoms with Crippen molar-refractivity contribution in [3.8, 4) is 11.3 Å². The summed E-state index contributed by atoms with van der Waals surface area (Å²) >= 11 is 6.20. The molecule has 0 saturated carbocycles. The van der Waals surface area contributed by atoms with Crippen molar-refractivity contribution in [1.29, 1.82) is 0 Å². The van der Waals surface area contributed by atoms with E-state index in [0.717, 1.165) is 47.3 Å². The second-order valence-corrected chi connectivity index (χ2v) is 6.69. The van der Waals surface area contributed by atoms with Gasteiger partial charge in [-0.15, -0.1) is 0 Å². The zero-order chi connectivity index (χ0) is 16.2. The summed E-state index contributed by atoms with van der Waals surface area (Å²) in [6.07, 6.45) is 2.62. The monoisotopic (exact) mass is 332 g/mol. The van der Waals surface area contributed by atoms with Crippen molar-refractivity contribution in [2.75, 3.05) is 19.6 Å². The van der Waals surface area contributed by atoms with Crippen LogP contribution in [0.2, 0.25) is 5.02 Å². The number of benzene rings is 1. The third-order valence-electron chi connectivity index (χ3n) is 4.70. The second kappa shape index (κ2) is 7.52. The molecule has 1 N–H and O–H groups in total. The lowest BCUT2D eigenvalue weighted by atomic mass is 10.1. The van der Waals surface area contributed by atoms with Crippen LogP contribution in [0.4, 0.5) is 0 Å². The predicted octanol–water partition coefficient (Wildman–Crippen LogP) is 4.48. The number of likely N-dealkylation sites (tertiary alicyclic amines) is 1. The average Bonchev–Trinajstić information content (AvgIpc) is 3.19. The number of rotatable bonds is 6. The molecule has 1 aliphatic rings. The number of hydrogen-bond acceptors (Lipinski definition) is 3. The van der Waals surface area contributed by atoms with E-state index >= 15 is 0 Å². The molecule has 2 heterocycles. The first kappa shape index (κ1) is 16.6. The predicted molar refractivity (Wildman–Crippen MR) is 95.9 cm³/mol. The van der Waals surface area contributed by atoms with Gasteiger partial charge in [0.15, 0.2) is 0 Å². The van der Waals surface area contributed by atoms with E-state index in [0.29, 0.717) is 6.04 Å². The Balaban J connectivity index is 1.56. The van der Waals surface area contributed by atoms with E-state index in [1.54, 1.807) is 0 Å². The van der Waals surface area contributed by atoms with E-state index in [4.69, 9.17) is 16.0 Å². The Bertz CT molecular complexity index is 653. The van der Waals surface area contributed by atoms with Gasteiger partial charge in [0.2, 0.25) is 0 Å². The molecule has 1 aromatic heterocycles. The van der Waals surface area contributed by atoms with Crippen molar-refractivity contribution in [3.63, 3.8) is 0 Å². The Morgan fingerprint density at radius 3 is 2.96 bits per heavy atom. The molecule has 2 aromatic rings. The zero-order valence-electron chi connectivity index (χ0n) is 13.9. The van der Waals surface area contributed by atoms with E-state index < -0.39 is 0 Å². The van der Waals surface area contributed by atoms with Gasteiger partial charge >= 0.3 is 0 Å². The number of halogens is 1. The molecule has 23 heavy (non-hydrogen) atoms. The molecule has 1 saturated heterocycles. The van der Waals surface area contributed by atoms with Crippen LogP contribution in [-0.4, -0.2) is 30.6 Å². The van der Waals surface area contributed by atoms with Crippen LogP contribution in [0, 0.1) is 6.92 Å². The molecule has 0 unspecified atom stereocenters. The van der Waals surface area contributed by atoms with E-state index in [9.17, 15) is 0 Å². The highest BCUT2D eigenvalue weighted by Gasteiger charge is 2.22. The minimum absolute atomic E-state index is 0.672. The third kappa shape index (κ3) is 3.97. The number of furan rings is 1. The molecule has 0 amide bonds. The molecule has 0 radical (unpaired) electrons. The van der Waals surface area contributed by atoms with Gasteiger partial charge in [-0.05, 0) is 56.6 Å². The topological polar surface area (TPSA) is 28.4 Å². The highest BCUT2D eigenvalue weighted by atomic mass is 35.5. The van der Waals surface area contributed by atoms with Gasteiger partial charge in [-0.25, -0.2) is 0 Å². The molecule has 0 spiro atoms. The van der Waals surface area contributed by atoms with Crippen LogP contribution in [0.3, 0.4) is 0 Å². The fraction of sp³-hybridized carbons (Fsp3) is 0.474. The molecule has 1 aromatic carbocycles. The van der Waals surface area contributed by atoms with Gasteiger partial charge in [0.25, 0.3) is 0 Å². The normalized spacial score (nSPS) is 18.7. The minimum Gasteiger partial charge on any atom is -0.460 e. The maximum Gasteiger partial charge on any atom is 0.134 e. The first-order chi connectivity index (χ1) is 11.2. The van der Waals surface area contributed by atoms with Gasteiger partial charge in [-0.1, -0.05) is 30.7 Å². The van der Waals surface area contributed by atoms with Crippen molar-refractivity contribution in [2.45, 2.75) is 39.3 Å². The molecule has 3 rings (SSSR count). The summed E-state index contributed by atoms with van der Waals surface area (Å²) in [5.74, 6) is 1.84. The summed E-state index contributed by atoms with van der Waals surface area (Å²) in [6, 6.07) is 10.8. The highest BCUT2D eigenvalue weighted by Crippen LogP contribution is 2.27. The minimum atomic E-state index is 0.672. The quantitative estimate of drug-likeness (QED) is 0.845. The summed E-state index contributed by atoms with van der Waals surface area (Å²) in [7, 11) is 0. The summed E-state index contributed by atoms with van der Waals surface area (Å²) in [4.78, 5) is 2.55. The number of nitrogens with zero attached hydrogens (tertiary/aromatic N) is 1. The van der Waals surface area contributed by atoms with Crippen LogP contribution in [0.15, 0.2) is 34.7 Å². The molecule has 1 aliphatic heterocycles. The largest absolute Gasteiger partial charge is 0.460 e. The Morgan fingerprint density at radius 1 is 1.30 bits per heavy atom. The van der Waals surface area contributed by atoms with Crippen molar-refractivity contribution >= 4 is 11.6 Å². The summed E-state index contributed by atoms with van der Waals surface area (Å²) < 4.78 is 5.95. The van der Waals surface area contributed by atoms with E-state index in [1.165, 1.54) is 19.4 Å². The maximum absolute atomic E-state index is 6.20. The molecule has 0 bridgehead atoms. The average molecular weight is 333 g/mol. The Kier molecular flexibility index (Phi) is 5.42. The van der Waals surface area contributed by atoms with Crippen molar-refractivity contribution in [3.05, 3.63) is 46.7 Å². The van der Waals surface area contributed by atoms with Crippen LogP contribution in [-0.2, 0) is 6.54 Å². The molecule has 3 nitrogen and oxygen atoms in total. The van der Waals surface area contributed by atoms with Crippen LogP contribution in [0.5, 0.6) is 0 Å². The van der Waals surface area contributed by atoms with Gasteiger partial charge in [0, 0.05) is 23.2 Å². The van der Waals surface area contributed by atoms with Gasteiger partial charge in [0.05, 0.1) is 6.54 Å². The molecule has 1 atom stereocenters. The lowest BCUT2D eigenvalue weighted by molar-refractivity contribution is 0.258. The molecular formula is C19H25ClN2O. The number of aryl methyl sites for hydroxylation is 1. The standard InChI is InChI=1S/C19H25ClN2O/c1-3-22-10-4-5-16(22)12-21-13-17-8-9-19(23-17)15-7-6-14(2)18(20)11-15/h6-9,11,16,21H,3-5,10,12-13H2,1-2H3/t16-/m1/s1. The van der Waals surface area contributed by atoms with Crippen LogP contribution >= 0.6 is 11.6 Å². The smallest absolute Gasteiger partial charge is 0.134 e. The first-order valence-corrected chi connectivity index (χ1v) is 8.85. The summed E-state index contributed by atoms with van der Waals surface area (Å²) in [5.41, 5.74) is 2.11. The van der Waals surface area contributed by atoms with E-state index in [2.05, 4.69) is 23.2 Å². The number of nitrogens with one attached hydrogen (secondary N) is 1. The van der Waals surface area contributed by atoms with Crippen molar-refractivity contribution in [2.24, 2.45) is 0 Å². The molecule has 0 aliphatic carbocycles. The molecule has 4 heteroatoms. The zero-order valence-corrected chi connectivity index (χ0v) is 14.7. The molecular weight excluding hydrogens is 308 g/mol. The fourth-order valence-electron chi connectivity index (χ4n) is 3.28. The SMILES string of the molecule is CCN1CCC[C@@H]1CNCc1ccc(-c2ccc(C)c(Cl)c2)o1. The third-order valence-corrected chi connectivity index (χ3v) is 5.11. The lowest BCUT2D eigenvalue weighted by Crippen LogP contribution is -2.37. The Hall–Kier alpha value is -1.29. The highest BCUT2D eigenvalue weighted by molar-refractivity contribution is 6.31. The first-order valence-electron chi connectivity index (χ1n) is 8.47. The van der Waals surface area contributed by atoms with Crippen molar-refractivity contribution < 1.29 is 4.42 Å². The van der Waals surface area contributed by atoms with Gasteiger partial charge < -0.3 is 9.73 Å². The van der Waals surface area contributed by atoms with Gasteiger partial charge in [-0.2, -0.15) is 0 Å². The van der Waals surface area contributed by atoms with Crippen LogP contribution in [0.1, 0.15) is 31.1 Å². The molecule has 124 valence electrons. The van der Waals surface area contributed by atoms with E-state index in [-0.39, 0.29) is 0 Å². The van der Waals surface area contributed by atoms with Crippen LogP contribution in [0.25, 0.3) is 11.3 Å². The Labute approximate surface area is 143 Å². The van der Waals surface area contributed by atoms with Gasteiger partial charge in [-0.3, -0.25) is 4.90 Å². The fourth-order valence-corrected chi connectivity index (χ4v) is 3.46. The summed E-state index contributed by atoms with van der Waals surface area (Å²) in [5, 5.41) is 4.31. The van der Waals surface area contributed by atoms with Gasteiger partial charge in [0.1, 0.15) is 11.5 Å². The summed E-state index contributed by atoms with van der Waals surface area (Å²) in [6.45, 7) is 8.43. The lowest BCUT2D eigenvalue weighted by Gasteiger charge is -2.22. The second-order valence-electron chi connectivity index (χ2n) is 6.29. The van der Waals surface area contributed by atoms with Crippen LogP contribution < -0.4 is 5.32 Å². The number of likely N-dealkylation sites (N-methyl/N-ethyl adjacent to an activating group) is 1. The molecule has 1 fully saturated rings. The Morgan fingerprint density at radius 2 is 2.17 bits per heavy atom. The maximum atomic E-state index is 6.20. The van der Waals surface area contributed by atoms with E-state index in [1.807, 2.05) is 31.2 Å². The van der Waals surface area contributed by atoms with Crippen molar-refractivity contribution in [1.82, 2.24) is 10.2 Å².